The van der Waals surface area contributed by atoms with E-state index in [0.29, 0.717) is 5.02 Å². The highest BCUT2D eigenvalue weighted by Crippen LogP contribution is 2.29. The van der Waals surface area contributed by atoms with Crippen LogP contribution >= 0.6 is 34.8 Å². The zero-order valence-electron chi connectivity index (χ0n) is 6.65. The number of rotatable bonds is 2. The Hall–Kier alpha value is -0.180. The molecule has 72 valence electrons. The molecule has 0 bridgehead atoms. The first kappa shape index (κ1) is 10.9. The van der Waals surface area contributed by atoms with Gasteiger partial charge < -0.3 is 4.74 Å². The molecule has 0 aliphatic heterocycles. The van der Waals surface area contributed by atoms with Crippen molar-refractivity contribution in [1.29, 1.82) is 0 Å². The minimum Gasteiger partial charge on any atom is -0.433 e. The van der Waals surface area contributed by atoms with E-state index in [-0.39, 0.29) is 5.75 Å². The maximum absolute atomic E-state index is 12.6. The van der Waals surface area contributed by atoms with Gasteiger partial charge in [-0.05, 0) is 47.8 Å². The second-order valence-electron chi connectivity index (χ2n) is 2.46. The lowest BCUT2D eigenvalue weighted by atomic mass is 10.2. The van der Waals surface area contributed by atoms with Gasteiger partial charge in [0.2, 0.25) is 0 Å². The standard InChI is InChI=1S/C8H6Cl3FO/c1-5-2-3-6(4-7(5)9)13-8(10,11)12/h2-4H,1H3. The topological polar surface area (TPSA) is 9.23 Å². The molecular weight excluding hydrogens is 237 g/mol. The third-order valence-electron chi connectivity index (χ3n) is 1.38. The summed E-state index contributed by atoms with van der Waals surface area (Å²) in [6.45, 7) is 1.82. The number of hydrogen-bond donors (Lipinski definition) is 0. The number of hydrogen-bond acceptors (Lipinski definition) is 1. The molecule has 1 aromatic rings. The fourth-order valence-corrected chi connectivity index (χ4v) is 1.12. The summed E-state index contributed by atoms with van der Waals surface area (Å²) in [4.78, 5) is 0. The first-order valence-electron chi connectivity index (χ1n) is 3.40. The van der Waals surface area contributed by atoms with Crippen molar-refractivity contribution in [1.82, 2.24) is 0 Å². The van der Waals surface area contributed by atoms with E-state index in [1.54, 1.807) is 6.07 Å². The summed E-state index contributed by atoms with van der Waals surface area (Å²) < 4.78 is 14.4. The molecular formula is C8H6Cl3FO. The first-order chi connectivity index (χ1) is 5.88. The van der Waals surface area contributed by atoms with Crippen LogP contribution < -0.4 is 4.74 Å². The van der Waals surface area contributed by atoms with Crippen molar-refractivity contribution < 1.29 is 9.13 Å². The summed E-state index contributed by atoms with van der Waals surface area (Å²) in [6, 6.07) is 4.65. The van der Waals surface area contributed by atoms with Crippen LogP contribution in [0, 0.1) is 6.92 Å². The number of alkyl halides is 3. The summed E-state index contributed by atoms with van der Waals surface area (Å²) in [7, 11) is 0. The highest BCUT2D eigenvalue weighted by Gasteiger charge is 2.24. The summed E-state index contributed by atoms with van der Waals surface area (Å²) in [6.07, 6.45) is 0. The molecule has 1 nitrogen and oxygen atoms in total. The summed E-state index contributed by atoms with van der Waals surface area (Å²) in [5.41, 5.74) is 0.864. The fraction of sp³-hybridized carbons (Fsp3) is 0.250. The Morgan fingerprint density at radius 1 is 1.38 bits per heavy atom. The van der Waals surface area contributed by atoms with Gasteiger partial charge in [0.05, 0.1) is 0 Å². The van der Waals surface area contributed by atoms with Crippen LogP contribution in [0.4, 0.5) is 4.39 Å². The second kappa shape index (κ2) is 3.91. The number of benzene rings is 1. The Labute approximate surface area is 90.4 Å². The Kier molecular flexibility index (Phi) is 3.28. The van der Waals surface area contributed by atoms with E-state index >= 15 is 0 Å². The largest absolute Gasteiger partial charge is 0.433 e. The predicted octanol–water partition coefficient (Wildman–Crippen LogP) is 4.09. The molecule has 0 radical (unpaired) electrons. The Morgan fingerprint density at radius 2 is 2.00 bits per heavy atom. The van der Waals surface area contributed by atoms with Gasteiger partial charge >= 0.3 is 4.77 Å². The molecule has 1 aromatic carbocycles. The quantitative estimate of drug-likeness (QED) is 0.711. The SMILES string of the molecule is Cc1ccc(OC(F)(Cl)Cl)cc1Cl. The van der Waals surface area contributed by atoms with Crippen molar-refractivity contribution in [3.8, 4) is 5.75 Å². The van der Waals surface area contributed by atoms with Crippen molar-refractivity contribution in [3.63, 3.8) is 0 Å². The highest BCUT2D eigenvalue weighted by atomic mass is 35.5. The number of ether oxygens (including phenoxy) is 1. The van der Waals surface area contributed by atoms with Gasteiger partial charge in [-0.3, -0.25) is 0 Å². The normalized spacial score (nSPS) is 11.5. The molecule has 0 N–H and O–H groups in total. The van der Waals surface area contributed by atoms with Gasteiger partial charge in [-0.2, -0.15) is 4.39 Å². The average Bonchev–Trinajstić information content (AvgIpc) is 1.94. The fourth-order valence-electron chi connectivity index (χ4n) is 0.771. The molecule has 0 unspecified atom stereocenters. The lowest BCUT2D eigenvalue weighted by molar-refractivity contribution is 0.104. The molecule has 0 aliphatic rings. The van der Waals surface area contributed by atoms with Gasteiger partial charge in [-0.25, -0.2) is 0 Å². The zero-order chi connectivity index (χ0) is 10.1. The van der Waals surface area contributed by atoms with E-state index in [0.717, 1.165) is 5.56 Å². The highest BCUT2D eigenvalue weighted by molar-refractivity contribution is 6.46. The smallest absolute Gasteiger partial charge is 0.410 e. The van der Waals surface area contributed by atoms with Crippen LogP contribution in [-0.2, 0) is 0 Å². The molecule has 0 atom stereocenters. The number of halogens is 4. The first-order valence-corrected chi connectivity index (χ1v) is 4.54. The van der Waals surface area contributed by atoms with Crippen molar-refractivity contribution in [2.24, 2.45) is 0 Å². The van der Waals surface area contributed by atoms with Crippen LogP contribution in [0.15, 0.2) is 18.2 Å². The molecule has 0 aromatic heterocycles. The Morgan fingerprint density at radius 3 is 2.46 bits per heavy atom. The molecule has 1 rings (SSSR count). The van der Waals surface area contributed by atoms with Crippen LogP contribution in [-0.4, -0.2) is 4.77 Å². The van der Waals surface area contributed by atoms with Gasteiger partial charge in [0.15, 0.2) is 0 Å². The van der Waals surface area contributed by atoms with E-state index in [9.17, 15) is 4.39 Å². The molecule has 0 saturated heterocycles. The van der Waals surface area contributed by atoms with Crippen LogP contribution in [0.2, 0.25) is 5.02 Å². The number of aryl methyl sites for hydroxylation is 1. The van der Waals surface area contributed by atoms with Gasteiger partial charge in [-0.15, -0.1) is 0 Å². The maximum atomic E-state index is 12.6. The van der Waals surface area contributed by atoms with Crippen LogP contribution in [0.5, 0.6) is 5.75 Å². The molecule has 0 amide bonds. The zero-order valence-corrected chi connectivity index (χ0v) is 8.92. The van der Waals surface area contributed by atoms with E-state index in [1.165, 1.54) is 12.1 Å². The van der Waals surface area contributed by atoms with Crippen molar-refractivity contribution in [2.45, 2.75) is 11.7 Å². The second-order valence-corrected chi connectivity index (χ2v) is 4.03. The average molecular weight is 243 g/mol. The van der Waals surface area contributed by atoms with Crippen LogP contribution in [0.3, 0.4) is 0 Å². The predicted molar refractivity (Wildman–Crippen MR) is 52.4 cm³/mol. The van der Waals surface area contributed by atoms with Gasteiger partial charge in [-0.1, -0.05) is 17.7 Å². The van der Waals surface area contributed by atoms with Gasteiger partial charge in [0.25, 0.3) is 0 Å². The molecule has 0 spiro atoms. The lowest BCUT2D eigenvalue weighted by Gasteiger charge is -2.12. The molecule has 0 aliphatic carbocycles. The monoisotopic (exact) mass is 242 g/mol. The third-order valence-corrected chi connectivity index (χ3v) is 1.94. The molecule has 0 saturated carbocycles. The minimum atomic E-state index is -2.72. The van der Waals surface area contributed by atoms with E-state index < -0.39 is 4.77 Å². The van der Waals surface area contributed by atoms with Crippen molar-refractivity contribution >= 4 is 34.8 Å². The Balaban J connectivity index is 2.86. The van der Waals surface area contributed by atoms with E-state index in [4.69, 9.17) is 34.8 Å². The molecule has 13 heavy (non-hydrogen) atoms. The van der Waals surface area contributed by atoms with Crippen molar-refractivity contribution in [3.05, 3.63) is 28.8 Å². The van der Waals surface area contributed by atoms with Crippen LogP contribution in [0.1, 0.15) is 5.56 Å². The van der Waals surface area contributed by atoms with Crippen molar-refractivity contribution in [2.75, 3.05) is 0 Å². The van der Waals surface area contributed by atoms with Crippen LogP contribution in [0.25, 0.3) is 0 Å². The van der Waals surface area contributed by atoms with Gasteiger partial charge in [0.1, 0.15) is 5.75 Å². The lowest BCUT2D eigenvalue weighted by Crippen LogP contribution is -2.13. The van der Waals surface area contributed by atoms with E-state index in [1.807, 2.05) is 6.92 Å². The Bertz CT molecular complexity index is 309. The van der Waals surface area contributed by atoms with E-state index in [2.05, 4.69) is 4.74 Å². The molecule has 0 fully saturated rings. The molecule has 5 heteroatoms. The molecule has 0 heterocycles. The summed E-state index contributed by atoms with van der Waals surface area (Å²) in [5.74, 6) is 0.183. The van der Waals surface area contributed by atoms with Gasteiger partial charge in [0, 0.05) is 5.02 Å². The minimum absolute atomic E-state index is 0.183. The maximum Gasteiger partial charge on any atom is 0.410 e. The summed E-state index contributed by atoms with van der Waals surface area (Å²) >= 11 is 15.7. The third kappa shape index (κ3) is 3.59. The summed E-state index contributed by atoms with van der Waals surface area (Å²) in [5, 5.41) is 0.468.